The lowest BCUT2D eigenvalue weighted by Gasteiger charge is -2.14. The summed E-state index contributed by atoms with van der Waals surface area (Å²) in [5.74, 6) is 0. The van der Waals surface area contributed by atoms with E-state index in [9.17, 15) is 0 Å². The lowest BCUT2D eigenvalue weighted by atomic mass is 10.1. The topological polar surface area (TPSA) is 53.6 Å². The van der Waals surface area contributed by atoms with Crippen LogP contribution in [0.15, 0.2) is 12.4 Å². The van der Waals surface area contributed by atoms with E-state index in [1.165, 1.54) is 0 Å². The van der Waals surface area contributed by atoms with Crippen molar-refractivity contribution in [2.24, 2.45) is 7.05 Å². The average molecular weight is 192 g/mol. The van der Waals surface area contributed by atoms with Gasteiger partial charge in [0.15, 0.2) is 0 Å². The molecule has 2 atom stereocenters. The molecule has 1 heterocycles. The highest BCUT2D eigenvalue weighted by Crippen LogP contribution is 2.11. The van der Waals surface area contributed by atoms with Crippen LogP contribution in [0.2, 0.25) is 0 Å². The van der Waals surface area contributed by atoms with Crippen LogP contribution in [0.5, 0.6) is 0 Å². The Morgan fingerprint density at radius 1 is 1.71 bits per heavy atom. The summed E-state index contributed by atoms with van der Waals surface area (Å²) in [5.41, 5.74) is 0.926. The van der Waals surface area contributed by atoms with Gasteiger partial charge in [-0.3, -0.25) is 10.00 Å². The second-order valence-electron chi connectivity index (χ2n) is 3.49. The molecule has 1 aromatic heterocycles. The van der Waals surface area contributed by atoms with Gasteiger partial charge in [0, 0.05) is 24.8 Å². The Kier molecular flexibility index (Phi) is 3.66. The summed E-state index contributed by atoms with van der Waals surface area (Å²) >= 11 is 0. The van der Waals surface area contributed by atoms with E-state index in [-0.39, 0.29) is 6.04 Å². The number of hydrogen-bond donors (Lipinski definition) is 1. The fourth-order valence-electron chi connectivity index (χ4n) is 1.20. The highest BCUT2D eigenvalue weighted by atomic mass is 15.2. The Bertz CT molecular complexity index is 323. The van der Waals surface area contributed by atoms with Gasteiger partial charge in [0.1, 0.15) is 6.04 Å². The molecule has 0 aliphatic carbocycles. The Labute approximate surface area is 84.5 Å². The smallest absolute Gasteiger partial charge is 0.124 e. The van der Waals surface area contributed by atoms with Crippen LogP contribution < -0.4 is 5.32 Å². The lowest BCUT2D eigenvalue weighted by molar-refractivity contribution is 0.501. The van der Waals surface area contributed by atoms with Crippen molar-refractivity contribution in [1.29, 1.82) is 5.26 Å². The molecule has 0 spiro atoms. The molecular weight excluding hydrogens is 176 g/mol. The highest BCUT2D eigenvalue weighted by molar-refractivity contribution is 5.17. The second kappa shape index (κ2) is 4.77. The molecule has 0 aliphatic heterocycles. The number of rotatable bonds is 4. The van der Waals surface area contributed by atoms with Crippen LogP contribution in [0.3, 0.4) is 0 Å². The Morgan fingerprint density at radius 3 is 2.86 bits per heavy atom. The van der Waals surface area contributed by atoms with E-state index in [0.29, 0.717) is 6.04 Å². The van der Waals surface area contributed by atoms with Gasteiger partial charge < -0.3 is 0 Å². The fraction of sp³-hybridized carbons (Fsp3) is 0.600. The van der Waals surface area contributed by atoms with Crippen molar-refractivity contribution in [3.8, 4) is 6.07 Å². The summed E-state index contributed by atoms with van der Waals surface area (Å²) in [6.07, 6.45) is 4.60. The maximum Gasteiger partial charge on any atom is 0.124 e. The minimum Gasteiger partial charge on any atom is -0.296 e. The molecule has 0 aliphatic rings. The van der Waals surface area contributed by atoms with Gasteiger partial charge in [-0.1, -0.05) is 6.92 Å². The molecule has 0 saturated carbocycles. The number of hydrogen-bond acceptors (Lipinski definition) is 3. The number of aromatic nitrogens is 2. The molecule has 4 heteroatoms. The van der Waals surface area contributed by atoms with E-state index < -0.39 is 0 Å². The minimum absolute atomic E-state index is 0.251. The lowest BCUT2D eigenvalue weighted by Crippen LogP contribution is -2.28. The largest absolute Gasteiger partial charge is 0.296 e. The van der Waals surface area contributed by atoms with Crippen LogP contribution >= 0.6 is 0 Å². The van der Waals surface area contributed by atoms with Crippen molar-refractivity contribution in [3.63, 3.8) is 0 Å². The first-order valence-electron chi connectivity index (χ1n) is 4.81. The van der Waals surface area contributed by atoms with Crippen molar-refractivity contribution >= 4 is 0 Å². The number of aryl methyl sites for hydroxylation is 1. The first-order chi connectivity index (χ1) is 6.67. The maximum absolute atomic E-state index is 8.98. The Hall–Kier alpha value is -1.34. The number of nitriles is 1. The van der Waals surface area contributed by atoms with Gasteiger partial charge >= 0.3 is 0 Å². The minimum atomic E-state index is -0.251. The first-order valence-corrected chi connectivity index (χ1v) is 4.81. The molecule has 0 bridgehead atoms. The quantitative estimate of drug-likeness (QED) is 0.784. The van der Waals surface area contributed by atoms with E-state index in [0.717, 1.165) is 12.0 Å². The Morgan fingerprint density at radius 2 is 2.43 bits per heavy atom. The van der Waals surface area contributed by atoms with Crippen LogP contribution in [-0.2, 0) is 7.05 Å². The molecule has 0 amide bonds. The van der Waals surface area contributed by atoms with Crippen LogP contribution in [-0.4, -0.2) is 15.8 Å². The number of nitrogens with one attached hydrogen (secondary N) is 1. The molecule has 4 nitrogen and oxygen atoms in total. The van der Waals surface area contributed by atoms with Crippen molar-refractivity contribution in [3.05, 3.63) is 18.0 Å². The zero-order chi connectivity index (χ0) is 10.6. The van der Waals surface area contributed by atoms with Crippen LogP contribution in [0.1, 0.15) is 31.9 Å². The monoisotopic (exact) mass is 192 g/mol. The zero-order valence-electron chi connectivity index (χ0n) is 8.86. The van der Waals surface area contributed by atoms with E-state index in [1.807, 2.05) is 13.2 Å². The molecule has 1 aromatic rings. The third-order valence-electron chi connectivity index (χ3n) is 2.25. The van der Waals surface area contributed by atoms with Gasteiger partial charge in [-0.15, -0.1) is 0 Å². The molecule has 0 radical (unpaired) electrons. The van der Waals surface area contributed by atoms with Gasteiger partial charge in [0.2, 0.25) is 0 Å². The summed E-state index contributed by atoms with van der Waals surface area (Å²) in [6, 6.07) is 2.33. The zero-order valence-corrected chi connectivity index (χ0v) is 8.86. The molecule has 1 rings (SSSR count). The van der Waals surface area contributed by atoms with Gasteiger partial charge in [-0.2, -0.15) is 10.4 Å². The fourth-order valence-corrected chi connectivity index (χ4v) is 1.20. The molecule has 0 fully saturated rings. The number of nitrogens with zero attached hydrogens (tertiary/aromatic N) is 3. The summed E-state index contributed by atoms with van der Waals surface area (Å²) in [4.78, 5) is 0. The van der Waals surface area contributed by atoms with E-state index in [1.54, 1.807) is 10.9 Å². The summed E-state index contributed by atoms with van der Waals surface area (Å²) in [5, 5.41) is 16.3. The van der Waals surface area contributed by atoms with Crippen molar-refractivity contribution in [2.45, 2.75) is 32.4 Å². The highest BCUT2D eigenvalue weighted by Gasteiger charge is 2.13. The normalized spacial score (nSPS) is 14.7. The van der Waals surface area contributed by atoms with Crippen LogP contribution in [0, 0.1) is 11.3 Å². The summed E-state index contributed by atoms with van der Waals surface area (Å²) < 4.78 is 1.71. The van der Waals surface area contributed by atoms with Gasteiger partial charge in [0.05, 0.1) is 12.3 Å². The SMILES string of the molecule is CCC(C)NC(C#N)c1cnn(C)c1. The maximum atomic E-state index is 8.98. The molecule has 76 valence electrons. The molecule has 2 unspecified atom stereocenters. The van der Waals surface area contributed by atoms with E-state index in [4.69, 9.17) is 5.26 Å². The van der Waals surface area contributed by atoms with Crippen molar-refractivity contribution in [1.82, 2.24) is 15.1 Å². The standard InChI is InChI=1S/C10H16N4/c1-4-8(2)13-10(5-11)9-6-12-14(3)7-9/h6-8,10,13H,4H2,1-3H3. The molecular formula is C10H16N4. The van der Waals surface area contributed by atoms with Crippen molar-refractivity contribution in [2.75, 3.05) is 0 Å². The molecule has 14 heavy (non-hydrogen) atoms. The van der Waals surface area contributed by atoms with Crippen LogP contribution in [0.25, 0.3) is 0 Å². The van der Waals surface area contributed by atoms with Gasteiger partial charge in [-0.05, 0) is 13.3 Å². The molecule has 0 saturated heterocycles. The van der Waals surface area contributed by atoms with Crippen LogP contribution in [0.4, 0.5) is 0 Å². The third-order valence-corrected chi connectivity index (χ3v) is 2.25. The average Bonchev–Trinajstić information content (AvgIpc) is 2.60. The van der Waals surface area contributed by atoms with E-state index in [2.05, 4.69) is 30.3 Å². The predicted molar refractivity (Wildman–Crippen MR) is 54.5 cm³/mol. The summed E-state index contributed by atoms with van der Waals surface area (Å²) in [7, 11) is 1.85. The third kappa shape index (κ3) is 2.57. The van der Waals surface area contributed by atoms with Crippen molar-refractivity contribution < 1.29 is 0 Å². The van der Waals surface area contributed by atoms with Gasteiger partial charge in [-0.25, -0.2) is 0 Å². The first kappa shape index (κ1) is 10.7. The second-order valence-corrected chi connectivity index (χ2v) is 3.49. The van der Waals surface area contributed by atoms with Gasteiger partial charge in [0.25, 0.3) is 0 Å². The Balaban J connectivity index is 2.69. The van der Waals surface area contributed by atoms with E-state index >= 15 is 0 Å². The summed E-state index contributed by atoms with van der Waals surface area (Å²) in [6.45, 7) is 4.16. The molecule has 1 N–H and O–H groups in total. The predicted octanol–water partition coefficient (Wildman–Crippen LogP) is 1.37. The molecule has 0 aromatic carbocycles.